The van der Waals surface area contributed by atoms with Gasteiger partial charge in [-0.3, -0.25) is 18.6 Å². The Labute approximate surface area is 455 Å². The van der Waals surface area contributed by atoms with Crippen molar-refractivity contribution in [1.82, 2.24) is 0 Å². The van der Waals surface area contributed by atoms with E-state index in [1.165, 1.54) is 154 Å². The highest BCUT2D eigenvalue weighted by molar-refractivity contribution is 7.47. The van der Waals surface area contributed by atoms with E-state index in [-0.39, 0.29) is 38.6 Å². The number of unbranched alkanes of at least 4 members (excludes halogenated alkanes) is 30. The summed E-state index contributed by atoms with van der Waals surface area (Å²) in [5.41, 5.74) is 5.38. The molecule has 9 nitrogen and oxygen atoms in total. The Bertz CT molecular complexity index is 1480. The fourth-order valence-corrected chi connectivity index (χ4v) is 9.28. The Morgan fingerprint density at radius 2 is 0.743 bits per heavy atom. The van der Waals surface area contributed by atoms with E-state index in [1.54, 1.807) is 0 Å². The summed E-state index contributed by atoms with van der Waals surface area (Å²) >= 11 is 0. The monoisotopic (exact) mass is 1060 g/mol. The number of hydrogen-bond acceptors (Lipinski definition) is 8. The quantitative estimate of drug-likeness (QED) is 0.0264. The van der Waals surface area contributed by atoms with E-state index >= 15 is 0 Å². The van der Waals surface area contributed by atoms with Gasteiger partial charge in [0.25, 0.3) is 0 Å². The molecule has 0 aliphatic rings. The molecule has 428 valence electrons. The number of phosphoric ester groups is 1. The van der Waals surface area contributed by atoms with Crippen LogP contribution in [-0.2, 0) is 32.7 Å². The SMILES string of the molecule is CC/C=C\C/C=C\C/C=C\C/C=C\C/C=C\C/C=C\CCCCCCCCCCCCCCCCCCC(=O)OC(COC(=O)CCCCCCCCC/C=C\CCCCCCCCC)COP(=O)(O)OCCN. The third-order valence-corrected chi connectivity index (χ3v) is 14.0. The van der Waals surface area contributed by atoms with Crippen LogP contribution in [0.15, 0.2) is 85.1 Å². The minimum atomic E-state index is -4.39. The van der Waals surface area contributed by atoms with Crippen LogP contribution in [-0.4, -0.2) is 49.3 Å². The van der Waals surface area contributed by atoms with Crippen molar-refractivity contribution >= 4 is 19.8 Å². The number of ether oxygens (including phenoxy) is 2. The first-order chi connectivity index (χ1) is 36.3. The zero-order valence-corrected chi connectivity index (χ0v) is 48.7. The molecule has 0 aliphatic heterocycles. The van der Waals surface area contributed by atoms with Gasteiger partial charge in [0.15, 0.2) is 6.10 Å². The minimum Gasteiger partial charge on any atom is -0.462 e. The third-order valence-electron chi connectivity index (χ3n) is 13.0. The normalized spacial score (nSPS) is 13.6. The molecule has 0 heterocycles. The second-order valence-corrected chi connectivity index (χ2v) is 21.6. The van der Waals surface area contributed by atoms with E-state index in [1.807, 2.05) is 0 Å². The van der Waals surface area contributed by atoms with Crippen LogP contribution in [0.25, 0.3) is 0 Å². The molecule has 3 N–H and O–H groups in total. The summed E-state index contributed by atoms with van der Waals surface area (Å²) in [6.07, 6.45) is 77.9. The molecule has 0 bridgehead atoms. The van der Waals surface area contributed by atoms with Crippen LogP contribution in [0.3, 0.4) is 0 Å². The summed E-state index contributed by atoms with van der Waals surface area (Å²) in [6, 6.07) is 0. The molecule has 10 heteroatoms. The maximum absolute atomic E-state index is 12.7. The second-order valence-electron chi connectivity index (χ2n) is 20.2. The van der Waals surface area contributed by atoms with E-state index < -0.39 is 26.5 Å². The van der Waals surface area contributed by atoms with Gasteiger partial charge in [-0.15, -0.1) is 0 Å². The number of rotatable bonds is 57. The lowest BCUT2D eigenvalue weighted by Gasteiger charge is -2.19. The lowest BCUT2D eigenvalue weighted by Crippen LogP contribution is -2.29. The fourth-order valence-electron chi connectivity index (χ4n) is 8.52. The zero-order chi connectivity index (χ0) is 53.8. The van der Waals surface area contributed by atoms with Gasteiger partial charge in [-0.05, 0) is 89.9 Å². The van der Waals surface area contributed by atoms with Crippen molar-refractivity contribution in [3.63, 3.8) is 0 Å². The molecule has 0 saturated heterocycles. The summed E-state index contributed by atoms with van der Waals surface area (Å²) in [4.78, 5) is 35.2. The van der Waals surface area contributed by atoms with Crippen LogP contribution in [0.4, 0.5) is 0 Å². The van der Waals surface area contributed by atoms with Crippen molar-refractivity contribution in [2.24, 2.45) is 5.73 Å². The lowest BCUT2D eigenvalue weighted by molar-refractivity contribution is -0.161. The summed E-state index contributed by atoms with van der Waals surface area (Å²) in [5, 5.41) is 0. The summed E-state index contributed by atoms with van der Waals surface area (Å²) in [7, 11) is -4.39. The van der Waals surface area contributed by atoms with Crippen molar-refractivity contribution in [3.05, 3.63) is 85.1 Å². The van der Waals surface area contributed by atoms with Gasteiger partial charge in [-0.1, -0.05) is 259 Å². The second kappa shape index (κ2) is 59.4. The van der Waals surface area contributed by atoms with E-state index in [0.717, 1.165) is 89.9 Å². The van der Waals surface area contributed by atoms with Crippen molar-refractivity contribution in [2.75, 3.05) is 26.4 Å². The molecule has 0 rings (SSSR count). The molecule has 0 spiro atoms. The molecule has 0 radical (unpaired) electrons. The Morgan fingerprint density at radius 3 is 1.12 bits per heavy atom. The van der Waals surface area contributed by atoms with Gasteiger partial charge in [0.2, 0.25) is 0 Å². The number of allylic oxidation sites excluding steroid dienone is 14. The lowest BCUT2D eigenvalue weighted by atomic mass is 10.0. The molecule has 2 unspecified atom stereocenters. The zero-order valence-electron chi connectivity index (χ0n) is 47.8. The molecular weight excluding hydrogens is 942 g/mol. The standard InChI is InChI=1S/C64H114NO8P/c1-3-5-7-9-11-13-15-17-19-21-23-24-25-26-27-28-29-30-31-32-33-34-35-36-37-38-39-41-43-45-47-49-51-53-55-57-64(67)73-62(61-72-74(68,69)71-59-58-65)60-70-63(66)56-54-52-50-48-46-44-42-40-22-20-18-16-14-12-10-8-6-4-2/h5,7,11,13,17,19-20,22-24,26-27,29-30,62H,3-4,6,8-10,12,14-16,18,21,25,28,31-61,65H2,1-2H3,(H,68,69)/b7-5-,13-11-,19-17-,22-20-,24-23-,27-26-,30-29-. The Balaban J connectivity index is 3.90. The van der Waals surface area contributed by atoms with Crippen molar-refractivity contribution < 1.29 is 37.6 Å². The number of carbonyl (C=O) groups excluding carboxylic acids is 2. The van der Waals surface area contributed by atoms with Gasteiger partial charge in [0.05, 0.1) is 13.2 Å². The molecule has 0 aliphatic carbocycles. The summed E-state index contributed by atoms with van der Waals surface area (Å²) in [5.74, 6) is -0.826. The molecular formula is C64H114NO8P. The van der Waals surface area contributed by atoms with E-state index in [4.69, 9.17) is 24.3 Å². The average Bonchev–Trinajstić information content (AvgIpc) is 3.39. The van der Waals surface area contributed by atoms with E-state index in [0.29, 0.717) is 6.42 Å². The van der Waals surface area contributed by atoms with Crippen LogP contribution < -0.4 is 5.73 Å². The number of esters is 2. The topological polar surface area (TPSA) is 134 Å². The molecule has 0 aromatic rings. The van der Waals surface area contributed by atoms with Crippen molar-refractivity contribution in [1.29, 1.82) is 0 Å². The molecule has 2 atom stereocenters. The number of carbonyl (C=O) groups is 2. The molecule has 0 aromatic heterocycles. The highest BCUT2D eigenvalue weighted by atomic mass is 31.2. The number of nitrogens with two attached hydrogens (primary N) is 1. The van der Waals surface area contributed by atoms with E-state index in [2.05, 4.69) is 98.9 Å². The predicted octanol–water partition coefficient (Wildman–Crippen LogP) is 19.5. The highest BCUT2D eigenvalue weighted by Crippen LogP contribution is 2.43. The van der Waals surface area contributed by atoms with Gasteiger partial charge in [-0.2, -0.15) is 0 Å². The highest BCUT2D eigenvalue weighted by Gasteiger charge is 2.26. The smallest absolute Gasteiger partial charge is 0.462 e. The van der Waals surface area contributed by atoms with Crippen LogP contribution in [0.1, 0.15) is 277 Å². The Morgan fingerprint density at radius 1 is 0.419 bits per heavy atom. The number of phosphoric acid groups is 1. The van der Waals surface area contributed by atoms with Gasteiger partial charge >= 0.3 is 19.8 Å². The maximum Gasteiger partial charge on any atom is 0.472 e. The largest absolute Gasteiger partial charge is 0.472 e. The summed E-state index contributed by atoms with van der Waals surface area (Å²) in [6.45, 7) is 3.65. The predicted molar refractivity (Wildman–Crippen MR) is 316 cm³/mol. The maximum atomic E-state index is 12.7. The third kappa shape index (κ3) is 58.5. The summed E-state index contributed by atoms with van der Waals surface area (Å²) < 4.78 is 33.1. The first-order valence-corrected chi connectivity index (χ1v) is 32.1. The first kappa shape index (κ1) is 71.2. The number of hydrogen-bond donors (Lipinski definition) is 2. The van der Waals surface area contributed by atoms with Gasteiger partial charge < -0.3 is 20.1 Å². The molecule has 0 fully saturated rings. The van der Waals surface area contributed by atoms with Crippen LogP contribution in [0, 0.1) is 0 Å². The van der Waals surface area contributed by atoms with Crippen molar-refractivity contribution in [2.45, 2.75) is 283 Å². The van der Waals surface area contributed by atoms with Crippen LogP contribution in [0.2, 0.25) is 0 Å². The van der Waals surface area contributed by atoms with Gasteiger partial charge in [-0.25, -0.2) is 4.57 Å². The molecule has 0 amide bonds. The minimum absolute atomic E-state index is 0.0514. The molecule has 0 saturated carbocycles. The van der Waals surface area contributed by atoms with Crippen LogP contribution in [0.5, 0.6) is 0 Å². The average molecular weight is 1060 g/mol. The van der Waals surface area contributed by atoms with Gasteiger partial charge in [0.1, 0.15) is 6.61 Å². The Kier molecular flexibility index (Phi) is 57.2. The van der Waals surface area contributed by atoms with Crippen molar-refractivity contribution in [3.8, 4) is 0 Å². The van der Waals surface area contributed by atoms with Gasteiger partial charge in [0, 0.05) is 19.4 Å². The van der Waals surface area contributed by atoms with Crippen LogP contribution >= 0.6 is 7.82 Å². The Hall–Kier alpha value is -2.81. The molecule has 74 heavy (non-hydrogen) atoms. The van der Waals surface area contributed by atoms with E-state index in [9.17, 15) is 19.0 Å². The fraction of sp³-hybridized carbons (Fsp3) is 0.750. The molecule has 0 aromatic carbocycles. The first-order valence-electron chi connectivity index (χ1n) is 30.6.